The Bertz CT molecular complexity index is 801. The summed E-state index contributed by atoms with van der Waals surface area (Å²) >= 11 is 0. The van der Waals surface area contributed by atoms with E-state index in [0.29, 0.717) is 5.75 Å². The molecule has 1 N–H and O–H groups in total. The van der Waals surface area contributed by atoms with Crippen LogP contribution in [-0.2, 0) is 10.0 Å². The van der Waals surface area contributed by atoms with Crippen LogP contribution in [0.2, 0.25) is 0 Å². The fourth-order valence-corrected chi connectivity index (χ4v) is 3.66. The Hall–Kier alpha value is -2.09. The number of hydrogen-bond donors (Lipinski definition) is 1. The molecule has 2 rings (SSSR count). The largest absolute Gasteiger partial charge is 0.497 e. The zero-order chi connectivity index (χ0) is 19.3. The average Bonchev–Trinajstić information content (AvgIpc) is 2.62. The van der Waals surface area contributed by atoms with Gasteiger partial charge in [-0.3, -0.25) is 0 Å². The van der Waals surface area contributed by atoms with Crippen LogP contribution < -0.4 is 14.4 Å². The highest BCUT2D eigenvalue weighted by Gasteiger charge is 2.20. The summed E-state index contributed by atoms with van der Waals surface area (Å²) in [5, 5.41) is 0. The summed E-state index contributed by atoms with van der Waals surface area (Å²) < 4.78 is 32.9. The van der Waals surface area contributed by atoms with Gasteiger partial charge in [0.2, 0.25) is 10.0 Å². The van der Waals surface area contributed by atoms with Gasteiger partial charge in [0.05, 0.1) is 12.0 Å². The molecule has 6 nitrogen and oxygen atoms in total. The minimum atomic E-state index is -3.58. The van der Waals surface area contributed by atoms with Crippen LogP contribution >= 0.6 is 0 Å². The summed E-state index contributed by atoms with van der Waals surface area (Å²) in [4.78, 5) is 4.25. The second kappa shape index (κ2) is 8.53. The van der Waals surface area contributed by atoms with Crippen molar-refractivity contribution in [3.8, 4) is 5.75 Å². The zero-order valence-corrected chi connectivity index (χ0v) is 16.7. The number of methoxy groups -OCH3 is 1. The lowest BCUT2D eigenvalue weighted by molar-refractivity contribution is 0.299. The van der Waals surface area contributed by atoms with Gasteiger partial charge in [-0.05, 0) is 56.1 Å². The van der Waals surface area contributed by atoms with Crippen molar-refractivity contribution in [1.82, 2.24) is 9.62 Å². The van der Waals surface area contributed by atoms with E-state index in [0.717, 1.165) is 11.3 Å². The van der Waals surface area contributed by atoms with Gasteiger partial charge in [-0.2, -0.15) is 0 Å². The van der Waals surface area contributed by atoms with Gasteiger partial charge in [-0.15, -0.1) is 0 Å². The summed E-state index contributed by atoms with van der Waals surface area (Å²) in [7, 11) is 5.81. The third-order valence-corrected chi connectivity index (χ3v) is 5.69. The van der Waals surface area contributed by atoms with Crippen molar-refractivity contribution >= 4 is 15.7 Å². The van der Waals surface area contributed by atoms with Crippen molar-refractivity contribution < 1.29 is 13.2 Å². The first-order chi connectivity index (χ1) is 12.2. The Morgan fingerprint density at radius 1 is 0.962 bits per heavy atom. The molecule has 1 unspecified atom stereocenters. The molecule has 0 fully saturated rings. The maximum absolute atomic E-state index is 12.6. The SMILES string of the molecule is COc1ccc(S(=O)(=O)NCC(c2ccc(N(C)C)cc2)N(C)C)cc1. The van der Waals surface area contributed by atoms with Crippen molar-refractivity contribution in [2.24, 2.45) is 0 Å². The number of nitrogens with one attached hydrogen (secondary N) is 1. The van der Waals surface area contributed by atoms with Gasteiger partial charge in [0, 0.05) is 32.4 Å². The van der Waals surface area contributed by atoms with E-state index in [4.69, 9.17) is 4.74 Å². The van der Waals surface area contributed by atoms with E-state index in [2.05, 4.69) is 4.72 Å². The molecule has 142 valence electrons. The fourth-order valence-electron chi connectivity index (χ4n) is 2.62. The molecule has 0 bridgehead atoms. The Labute approximate surface area is 156 Å². The van der Waals surface area contributed by atoms with Crippen LogP contribution in [0.1, 0.15) is 11.6 Å². The van der Waals surface area contributed by atoms with E-state index in [9.17, 15) is 8.42 Å². The standard InChI is InChI=1S/C19H27N3O3S/c1-21(2)16-8-6-15(7-9-16)19(22(3)4)14-20-26(23,24)18-12-10-17(25-5)11-13-18/h6-13,19-20H,14H2,1-5H3. The van der Waals surface area contributed by atoms with Crippen molar-refractivity contribution in [1.29, 1.82) is 0 Å². The molecule has 0 saturated carbocycles. The summed E-state index contributed by atoms with van der Waals surface area (Å²) in [5.41, 5.74) is 2.16. The predicted octanol–water partition coefficient (Wildman–Crippen LogP) is 2.34. The van der Waals surface area contributed by atoms with Gasteiger partial charge in [0.25, 0.3) is 0 Å². The Morgan fingerprint density at radius 2 is 1.54 bits per heavy atom. The third-order valence-electron chi connectivity index (χ3n) is 4.25. The van der Waals surface area contributed by atoms with Crippen LogP contribution in [0.4, 0.5) is 5.69 Å². The maximum Gasteiger partial charge on any atom is 0.240 e. The highest BCUT2D eigenvalue weighted by atomic mass is 32.2. The van der Waals surface area contributed by atoms with Crippen LogP contribution in [0.5, 0.6) is 5.75 Å². The van der Waals surface area contributed by atoms with E-state index in [1.54, 1.807) is 19.2 Å². The molecule has 1 atom stereocenters. The molecular formula is C19H27N3O3S. The molecule has 2 aromatic rings. The monoisotopic (exact) mass is 377 g/mol. The molecule has 0 aliphatic carbocycles. The number of benzene rings is 2. The number of nitrogens with zero attached hydrogens (tertiary/aromatic N) is 2. The van der Waals surface area contributed by atoms with Crippen molar-refractivity contribution in [2.75, 3.05) is 46.7 Å². The van der Waals surface area contributed by atoms with Crippen molar-refractivity contribution in [2.45, 2.75) is 10.9 Å². The smallest absolute Gasteiger partial charge is 0.240 e. The highest BCUT2D eigenvalue weighted by molar-refractivity contribution is 7.89. The van der Waals surface area contributed by atoms with E-state index in [-0.39, 0.29) is 17.5 Å². The van der Waals surface area contributed by atoms with Crippen molar-refractivity contribution in [3.63, 3.8) is 0 Å². The zero-order valence-electron chi connectivity index (χ0n) is 15.9. The Morgan fingerprint density at radius 3 is 2.00 bits per heavy atom. The number of hydrogen-bond acceptors (Lipinski definition) is 5. The number of sulfonamides is 1. The fraction of sp³-hybridized carbons (Fsp3) is 0.368. The van der Waals surface area contributed by atoms with Gasteiger partial charge in [0.1, 0.15) is 5.75 Å². The molecule has 26 heavy (non-hydrogen) atoms. The first-order valence-electron chi connectivity index (χ1n) is 8.32. The first kappa shape index (κ1) is 20.2. The molecule has 0 aromatic heterocycles. The van der Waals surface area contributed by atoms with Crippen LogP contribution in [0, 0.1) is 0 Å². The van der Waals surface area contributed by atoms with E-state index < -0.39 is 10.0 Å². The highest BCUT2D eigenvalue weighted by Crippen LogP contribution is 2.22. The molecule has 0 amide bonds. The molecule has 2 aromatic carbocycles. The number of likely N-dealkylation sites (N-methyl/N-ethyl adjacent to an activating group) is 1. The minimum Gasteiger partial charge on any atom is -0.497 e. The van der Waals surface area contributed by atoms with E-state index in [1.807, 2.05) is 62.3 Å². The van der Waals surface area contributed by atoms with Crippen LogP contribution in [0.15, 0.2) is 53.4 Å². The Kier molecular flexibility index (Phi) is 6.63. The second-order valence-electron chi connectivity index (χ2n) is 6.49. The lowest BCUT2D eigenvalue weighted by Gasteiger charge is -2.25. The van der Waals surface area contributed by atoms with E-state index in [1.165, 1.54) is 12.1 Å². The average molecular weight is 378 g/mol. The first-order valence-corrected chi connectivity index (χ1v) is 9.80. The number of anilines is 1. The summed E-state index contributed by atoms with van der Waals surface area (Å²) in [5.74, 6) is 0.621. The minimum absolute atomic E-state index is 0.0702. The predicted molar refractivity (Wildman–Crippen MR) is 105 cm³/mol. The molecule has 0 spiro atoms. The van der Waals surface area contributed by atoms with Crippen LogP contribution in [-0.4, -0.2) is 55.2 Å². The number of ether oxygens (including phenoxy) is 1. The normalized spacial score (nSPS) is 12.8. The topological polar surface area (TPSA) is 61.9 Å². The van der Waals surface area contributed by atoms with Gasteiger partial charge in [-0.1, -0.05) is 12.1 Å². The quantitative estimate of drug-likeness (QED) is 0.765. The molecule has 0 aliphatic heterocycles. The molecule has 0 aliphatic rings. The van der Waals surface area contributed by atoms with Gasteiger partial charge in [0.15, 0.2) is 0 Å². The molecule has 0 heterocycles. The third kappa shape index (κ3) is 4.97. The molecular weight excluding hydrogens is 350 g/mol. The molecule has 7 heteroatoms. The summed E-state index contributed by atoms with van der Waals surface area (Å²) in [6, 6.07) is 14.4. The second-order valence-corrected chi connectivity index (χ2v) is 8.26. The molecule has 0 radical (unpaired) electrons. The maximum atomic E-state index is 12.6. The van der Waals surface area contributed by atoms with Gasteiger partial charge >= 0.3 is 0 Å². The van der Waals surface area contributed by atoms with E-state index >= 15 is 0 Å². The molecule has 0 saturated heterocycles. The Balaban J connectivity index is 2.14. The summed E-state index contributed by atoms with van der Waals surface area (Å²) in [6.07, 6.45) is 0. The summed E-state index contributed by atoms with van der Waals surface area (Å²) in [6.45, 7) is 0.280. The lowest BCUT2D eigenvalue weighted by atomic mass is 10.1. The number of rotatable bonds is 8. The van der Waals surface area contributed by atoms with Gasteiger partial charge in [-0.25, -0.2) is 13.1 Å². The van der Waals surface area contributed by atoms with Crippen LogP contribution in [0.3, 0.4) is 0 Å². The lowest BCUT2D eigenvalue weighted by Crippen LogP contribution is -2.34. The van der Waals surface area contributed by atoms with Gasteiger partial charge < -0.3 is 14.5 Å². The van der Waals surface area contributed by atoms with Crippen LogP contribution in [0.25, 0.3) is 0 Å². The van der Waals surface area contributed by atoms with Crippen molar-refractivity contribution in [3.05, 3.63) is 54.1 Å².